The molecule has 5 rings (SSSR count). The quantitative estimate of drug-likeness (QED) is 0.391. The molecule has 1 unspecified atom stereocenters. The molecule has 0 radical (unpaired) electrons. The van der Waals surface area contributed by atoms with Crippen molar-refractivity contribution in [3.63, 3.8) is 0 Å². The highest BCUT2D eigenvalue weighted by atomic mass is 35.5. The minimum Gasteiger partial charge on any atom is -0.495 e. The van der Waals surface area contributed by atoms with E-state index < -0.39 is 6.04 Å². The standard InChI is InChI=1S/C24H20ClN5O2S/c1-14-20(23(31)27-17-6-3-4-7-18(17)32-2)21(15-9-11-16(25)12-10-15)30-24(26-14)28-22(29-30)19-8-5-13-33-19/h3-13,21H,1-2H3,(H,27,31)(H,26,28,29). The molecular weight excluding hydrogens is 458 g/mol. The molecule has 0 spiro atoms. The lowest BCUT2D eigenvalue weighted by Crippen LogP contribution is -2.31. The lowest BCUT2D eigenvalue weighted by atomic mass is 9.95. The molecular formula is C24H20ClN5O2S. The third kappa shape index (κ3) is 3.99. The van der Waals surface area contributed by atoms with Crippen LogP contribution in [0.4, 0.5) is 11.6 Å². The second-order valence-electron chi connectivity index (χ2n) is 7.45. The van der Waals surface area contributed by atoms with Crippen molar-refractivity contribution in [3.05, 3.63) is 87.9 Å². The highest BCUT2D eigenvalue weighted by Crippen LogP contribution is 2.38. The summed E-state index contributed by atoms with van der Waals surface area (Å²) in [6.45, 7) is 1.86. The van der Waals surface area contributed by atoms with Crippen molar-refractivity contribution in [1.82, 2.24) is 14.8 Å². The molecule has 9 heteroatoms. The predicted octanol–water partition coefficient (Wildman–Crippen LogP) is 5.60. The van der Waals surface area contributed by atoms with Gasteiger partial charge in [0, 0.05) is 10.7 Å². The van der Waals surface area contributed by atoms with Crippen LogP contribution in [0.2, 0.25) is 5.02 Å². The number of methoxy groups -OCH3 is 1. The molecule has 2 aromatic heterocycles. The Morgan fingerprint density at radius 2 is 1.94 bits per heavy atom. The SMILES string of the molecule is COc1ccccc1NC(=O)C1=C(C)Nc2nc(-c3cccs3)nn2C1c1ccc(Cl)cc1. The van der Waals surface area contributed by atoms with Crippen LogP contribution in [0.25, 0.3) is 10.7 Å². The number of halogens is 1. The van der Waals surface area contributed by atoms with Crippen LogP contribution < -0.4 is 15.4 Å². The van der Waals surface area contributed by atoms with Gasteiger partial charge in [-0.2, -0.15) is 4.98 Å². The van der Waals surface area contributed by atoms with Gasteiger partial charge in [-0.15, -0.1) is 16.4 Å². The maximum absolute atomic E-state index is 13.6. The molecule has 1 aliphatic heterocycles. The summed E-state index contributed by atoms with van der Waals surface area (Å²) in [7, 11) is 1.57. The number of benzene rings is 2. The molecule has 166 valence electrons. The summed E-state index contributed by atoms with van der Waals surface area (Å²) in [6, 6.07) is 18.2. The molecule has 2 aromatic carbocycles. The maximum atomic E-state index is 13.6. The summed E-state index contributed by atoms with van der Waals surface area (Å²) in [6.07, 6.45) is 0. The van der Waals surface area contributed by atoms with Crippen LogP contribution >= 0.6 is 22.9 Å². The Morgan fingerprint density at radius 3 is 2.67 bits per heavy atom. The fourth-order valence-electron chi connectivity index (χ4n) is 3.85. The summed E-state index contributed by atoms with van der Waals surface area (Å²) in [5.74, 6) is 1.50. The smallest absolute Gasteiger partial charge is 0.255 e. The largest absolute Gasteiger partial charge is 0.495 e. The highest BCUT2D eigenvalue weighted by Gasteiger charge is 2.34. The van der Waals surface area contributed by atoms with Crippen LogP contribution in [-0.2, 0) is 4.79 Å². The average molecular weight is 478 g/mol. The van der Waals surface area contributed by atoms with Crippen molar-refractivity contribution in [1.29, 1.82) is 0 Å². The van der Waals surface area contributed by atoms with E-state index in [2.05, 4.69) is 15.6 Å². The number of thiophene rings is 1. The first-order valence-electron chi connectivity index (χ1n) is 10.2. The van der Waals surface area contributed by atoms with E-state index in [4.69, 9.17) is 21.4 Å². The first-order valence-corrected chi connectivity index (χ1v) is 11.5. The number of aromatic nitrogens is 3. The second kappa shape index (κ2) is 8.73. The van der Waals surface area contributed by atoms with Gasteiger partial charge in [0.05, 0.1) is 23.2 Å². The zero-order valence-electron chi connectivity index (χ0n) is 17.9. The first kappa shape index (κ1) is 21.2. The van der Waals surface area contributed by atoms with Gasteiger partial charge in [0.25, 0.3) is 5.91 Å². The Hall–Kier alpha value is -3.62. The average Bonchev–Trinajstić information content (AvgIpc) is 3.49. The number of para-hydroxylation sites is 2. The minimum atomic E-state index is -0.491. The monoisotopic (exact) mass is 477 g/mol. The number of nitrogens with one attached hydrogen (secondary N) is 2. The fourth-order valence-corrected chi connectivity index (χ4v) is 4.62. The molecule has 33 heavy (non-hydrogen) atoms. The number of amides is 1. The summed E-state index contributed by atoms with van der Waals surface area (Å²) >= 11 is 7.70. The highest BCUT2D eigenvalue weighted by molar-refractivity contribution is 7.13. The van der Waals surface area contributed by atoms with Crippen LogP contribution in [0.5, 0.6) is 5.75 Å². The Labute approximate surface area is 199 Å². The topological polar surface area (TPSA) is 81.1 Å². The van der Waals surface area contributed by atoms with Crippen molar-refractivity contribution in [2.75, 3.05) is 17.7 Å². The van der Waals surface area contributed by atoms with Crippen LogP contribution in [0.1, 0.15) is 18.5 Å². The van der Waals surface area contributed by atoms with Gasteiger partial charge in [-0.25, -0.2) is 4.68 Å². The van der Waals surface area contributed by atoms with Crippen molar-refractivity contribution >= 4 is 40.5 Å². The van der Waals surface area contributed by atoms with Gasteiger partial charge >= 0.3 is 0 Å². The van der Waals surface area contributed by atoms with Gasteiger partial charge in [-0.3, -0.25) is 4.79 Å². The zero-order valence-corrected chi connectivity index (χ0v) is 19.4. The molecule has 3 heterocycles. The number of ether oxygens (including phenoxy) is 1. The first-order chi connectivity index (χ1) is 16.0. The van der Waals surface area contributed by atoms with Gasteiger partial charge < -0.3 is 15.4 Å². The summed E-state index contributed by atoms with van der Waals surface area (Å²) in [5.41, 5.74) is 2.68. The lowest BCUT2D eigenvalue weighted by Gasteiger charge is -2.28. The van der Waals surface area contributed by atoms with E-state index in [0.717, 1.165) is 10.4 Å². The lowest BCUT2D eigenvalue weighted by molar-refractivity contribution is -0.113. The Morgan fingerprint density at radius 1 is 1.15 bits per heavy atom. The number of rotatable bonds is 5. The molecule has 0 saturated carbocycles. The second-order valence-corrected chi connectivity index (χ2v) is 8.84. The number of hydrogen-bond donors (Lipinski definition) is 2. The van der Waals surface area contributed by atoms with E-state index in [-0.39, 0.29) is 5.91 Å². The van der Waals surface area contributed by atoms with Crippen LogP contribution in [0, 0.1) is 0 Å². The molecule has 0 bridgehead atoms. The molecule has 1 aliphatic rings. The third-order valence-corrected chi connectivity index (χ3v) is 6.50. The fraction of sp³-hybridized carbons (Fsp3) is 0.125. The van der Waals surface area contributed by atoms with Crippen LogP contribution in [-0.4, -0.2) is 27.8 Å². The number of allylic oxidation sites excluding steroid dienone is 1. The number of carbonyl (C=O) groups is 1. The number of hydrogen-bond acceptors (Lipinski definition) is 6. The van der Waals surface area contributed by atoms with Crippen LogP contribution in [0.3, 0.4) is 0 Å². The Kier molecular flexibility index (Phi) is 5.62. The molecule has 0 saturated heterocycles. The van der Waals surface area contributed by atoms with Gasteiger partial charge in [-0.1, -0.05) is 41.9 Å². The third-order valence-electron chi connectivity index (χ3n) is 5.38. The van der Waals surface area contributed by atoms with E-state index in [1.807, 2.05) is 48.7 Å². The number of nitrogens with zero attached hydrogens (tertiary/aromatic N) is 3. The molecule has 4 aromatic rings. The van der Waals surface area contributed by atoms with Crippen molar-refractivity contribution in [3.8, 4) is 16.5 Å². The maximum Gasteiger partial charge on any atom is 0.255 e. The van der Waals surface area contributed by atoms with E-state index in [1.54, 1.807) is 47.4 Å². The summed E-state index contributed by atoms with van der Waals surface area (Å²) in [5, 5.41) is 13.6. The summed E-state index contributed by atoms with van der Waals surface area (Å²) < 4.78 is 7.15. The Bertz CT molecular complexity index is 1350. The van der Waals surface area contributed by atoms with Gasteiger partial charge in [0.15, 0.2) is 5.82 Å². The number of anilines is 2. The van der Waals surface area contributed by atoms with E-state index in [0.29, 0.717) is 39.5 Å². The van der Waals surface area contributed by atoms with Gasteiger partial charge in [0.2, 0.25) is 5.95 Å². The van der Waals surface area contributed by atoms with Crippen molar-refractivity contribution in [2.45, 2.75) is 13.0 Å². The molecule has 0 fully saturated rings. The molecule has 0 aliphatic carbocycles. The van der Waals surface area contributed by atoms with Crippen LogP contribution in [0.15, 0.2) is 77.3 Å². The van der Waals surface area contributed by atoms with E-state index in [1.165, 1.54) is 0 Å². The van der Waals surface area contributed by atoms with E-state index >= 15 is 0 Å². The molecule has 1 atom stereocenters. The van der Waals surface area contributed by atoms with Gasteiger partial charge in [-0.05, 0) is 48.2 Å². The van der Waals surface area contributed by atoms with Gasteiger partial charge in [0.1, 0.15) is 11.8 Å². The minimum absolute atomic E-state index is 0.261. The normalized spacial score (nSPS) is 15.1. The summed E-state index contributed by atoms with van der Waals surface area (Å²) in [4.78, 5) is 19.2. The number of carbonyl (C=O) groups excluding carboxylic acids is 1. The molecule has 7 nitrogen and oxygen atoms in total. The zero-order chi connectivity index (χ0) is 22.9. The van der Waals surface area contributed by atoms with Crippen molar-refractivity contribution < 1.29 is 9.53 Å². The number of fused-ring (bicyclic) bond motifs is 1. The predicted molar refractivity (Wildman–Crippen MR) is 131 cm³/mol. The molecule has 1 amide bonds. The van der Waals surface area contributed by atoms with Crippen molar-refractivity contribution in [2.24, 2.45) is 0 Å². The Balaban J connectivity index is 1.60. The molecule has 2 N–H and O–H groups in total. The van der Waals surface area contributed by atoms with E-state index in [9.17, 15) is 4.79 Å².